The van der Waals surface area contributed by atoms with Crippen LogP contribution in [-0.2, 0) is 14.9 Å². The van der Waals surface area contributed by atoms with Crippen molar-refractivity contribution in [3.8, 4) is 0 Å². The summed E-state index contributed by atoms with van der Waals surface area (Å²) < 4.78 is 34.4. The van der Waals surface area contributed by atoms with Gasteiger partial charge in [0.15, 0.2) is 0 Å². The molecule has 0 bridgehead atoms. The zero-order chi connectivity index (χ0) is 14.8. The van der Waals surface area contributed by atoms with Gasteiger partial charge in [-0.3, -0.25) is 0 Å². The molecule has 20 heavy (non-hydrogen) atoms. The van der Waals surface area contributed by atoms with Crippen molar-refractivity contribution in [2.45, 2.75) is 38.8 Å². The summed E-state index contributed by atoms with van der Waals surface area (Å²) in [4.78, 5) is 0. The van der Waals surface area contributed by atoms with Gasteiger partial charge in [-0.05, 0) is 46.2 Å². The molecule has 1 N–H and O–H groups in total. The third kappa shape index (κ3) is 3.51. The van der Waals surface area contributed by atoms with E-state index in [1.165, 1.54) is 0 Å². The normalized spacial score (nSPS) is 34.2. The van der Waals surface area contributed by atoms with E-state index < -0.39 is 10.2 Å². The number of hydrogen-bond donors (Lipinski definition) is 1. The highest BCUT2D eigenvalue weighted by atomic mass is 32.2. The van der Waals surface area contributed by atoms with Gasteiger partial charge in [0.25, 0.3) is 10.2 Å². The lowest BCUT2D eigenvalue weighted by Crippen LogP contribution is -2.56. The van der Waals surface area contributed by atoms with E-state index in [1.54, 1.807) is 8.61 Å². The Kier molecular flexibility index (Phi) is 5.42. The minimum atomic E-state index is -3.36. The summed E-state index contributed by atoms with van der Waals surface area (Å²) in [5, 5.41) is 3.15. The lowest BCUT2D eigenvalue weighted by atomic mass is 10.00. The molecule has 0 saturated carbocycles. The van der Waals surface area contributed by atoms with Crippen molar-refractivity contribution in [1.29, 1.82) is 0 Å². The number of ether oxygens (including phenoxy) is 1. The summed E-state index contributed by atoms with van der Waals surface area (Å²) >= 11 is 0. The minimum absolute atomic E-state index is 0.0288. The molecule has 0 aliphatic carbocycles. The first kappa shape index (κ1) is 16.2. The molecule has 2 heterocycles. The molecule has 0 unspecified atom stereocenters. The van der Waals surface area contributed by atoms with Gasteiger partial charge in [-0.25, -0.2) is 0 Å². The minimum Gasteiger partial charge on any atom is -0.375 e. The van der Waals surface area contributed by atoms with Crippen molar-refractivity contribution in [3.63, 3.8) is 0 Å². The number of rotatable bonds is 4. The molecule has 2 aliphatic heterocycles. The van der Waals surface area contributed by atoms with Crippen LogP contribution in [0.3, 0.4) is 0 Å². The molecule has 2 rings (SSSR count). The van der Waals surface area contributed by atoms with Crippen LogP contribution < -0.4 is 5.32 Å². The quantitative estimate of drug-likeness (QED) is 0.810. The molecular weight excluding hydrogens is 278 g/mol. The van der Waals surface area contributed by atoms with Crippen molar-refractivity contribution in [3.05, 3.63) is 0 Å². The van der Waals surface area contributed by atoms with Crippen LogP contribution in [0.1, 0.15) is 26.7 Å². The van der Waals surface area contributed by atoms with Crippen LogP contribution in [0.5, 0.6) is 0 Å². The Morgan fingerprint density at radius 3 is 2.75 bits per heavy atom. The predicted molar refractivity (Wildman–Crippen MR) is 78.7 cm³/mol. The van der Waals surface area contributed by atoms with Crippen LogP contribution in [0.25, 0.3) is 0 Å². The molecular formula is C13H27N3O3S. The number of nitrogens with one attached hydrogen (secondary N) is 1. The van der Waals surface area contributed by atoms with Crippen molar-refractivity contribution >= 4 is 10.2 Å². The number of morpholine rings is 1. The van der Waals surface area contributed by atoms with E-state index in [4.69, 9.17) is 4.74 Å². The Morgan fingerprint density at radius 2 is 2.05 bits per heavy atom. The topological polar surface area (TPSA) is 61.9 Å². The molecule has 0 aromatic carbocycles. The van der Waals surface area contributed by atoms with Gasteiger partial charge in [-0.15, -0.1) is 0 Å². The number of piperidine rings is 1. The maximum atomic E-state index is 12.8. The third-order valence-electron chi connectivity index (χ3n) is 4.15. The Morgan fingerprint density at radius 1 is 1.30 bits per heavy atom. The zero-order valence-corrected chi connectivity index (χ0v) is 13.5. The molecule has 0 aromatic rings. The van der Waals surface area contributed by atoms with Gasteiger partial charge in [0.1, 0.15) is 0 Å². The maximum Gasteiger partial charge on any atom is 0.282 e. The van der Waals surface area contributed by atoms with Crippen molar-refractivity contribution in [1.82, 2.24) is 13.9 Å². The standard InChI is InChI=1S/C13H27N3O3S/c1-11-10-19-12(2)8-16(11)20(17,18)15-6-4-5-13(9-15)7-14-3/h11-14H,4-10H2,1-3H3/t11-,12-,13+/m1/s1. The first-order valence-electron chi connectivity index (χ1n) is 7.48. The highest BCUT2D eigenvalue weighted by Crippen LogP contribution is 2.24. The average molecular weight is 305 g/mol. The van der Waals surface area contributed by atoms with Crippen LogP contribution in [-0.4, -0.2) is 69.0 Å². The van der Waals surface area contributed by atoms with Crippen LogP contribution in [0.2, 0.25) is 0 Å². The predicted octanol–water partition coefficient (Wildman–Crippen LogP) is 0.272. The highest BCUT2D eigenvalue weighted by molar-refractivity contribution is 7.86. The summed E-state index contributed by atoms with van der Waals surface area (Å²) in [6, 6.07) is -0.0825. The van der Waals surface area contributed by atoms with Crippen molar-refractivity contribution in [2.24, 2.45) is 5.92 Å². The molecule has 0 radical (unpaired) electrons. The average Bonchev–Trinajstić information content (AvgIpc) is 2.42. The molecule has 2 fully saturated rings. The molecule has 2 aliphatic rings. The first-order chi connectivity index (χ1) is 9.45. The fourth-order valence-electron chi connectivity index (χ4n) is 3.03. The van der Waals surface area contributed by atoms with E-state index in [0.717, 1.165) is 19.4 Å². The Balaban J connectivity index is 2.08. The van der Waals surface area contributed by atoms with Crippen LogP contribution in [0.15, 0.2) is 0 Å². The van der Waals surface area contributed by atoms with E-state index >= 15 is 0 Å². The summed E-state index contributed by atoms with van der Waals surface area (Å²) in [5.41, 5.74) is 0. The summed E-state index contributed by atoms with van der Waals surface area (Å²) in [6.45, 7) is 6.92. The zero-order valence-electron chi connectivity index (χ0n) is 12.7. The highest BCUT2D eigenvalue weighted by Gasteiger charge is 2.38. The largest absolute Gasteiger partial charge is 0.375 e. The van der Waals surface area contributed by atoms with E-state index in [-0.39, 0.29) is 12.1 Å². The summed E-state index contributed by atoms with van der Waals surface area (Å²) in [7, 11) is -1.44. The SMILES string of the molecule is CNC[C@@H]1CCCN(S(=O)(=O)N2C[C@@H](C)OC[C@H]2C)C1. The van der Waals surface area contributed by atoms with E-state index in [9.17, 15) is 8.42 Å². The molecule has 118 valence electrons. The van der Waals surface area contributed by atoms with Gasteiger partial charge in [-0.2, -0.15) is 17.0 Å². The molecule has 0 spiro atoms. The molecule has 2 saturated heterocycles. The monoisotopic (exact) mass is 305 g/mol. The lowest BCUT2D eigenvalue weighted by Gasteiger charge is -2.41. The Bertz CT molecular complexity index is 413. The van der Waals surface area contributed by atoms with Crippen LogP contribution in [0.4, 0.5) is 0 Å². The summed E-state index contributed by atoms with van der Waals surface area (Å²) in [5.74, 6) is 0.414. The first-order valence-corrected chi connectivity index (χ1v) is 8.88. The van der Waals surface area contributed by atoms with Gasteiger partial charge >= 0.3 is 0 Å². The third-order valence-corrected chi connectivity index (χ3v) is 6.23. The van der Waals surface area contributed by atoms with Gasteiger partial charge in [0.2, 0.25) is 0 Å². The fraction of sp³-hybridized carbons (Fsp3) is 1.00. The second-order valence-electron chi connectivity index (χ2n) is 5.99. The van der Waals surface area contributed by atoms with Crippen LogP contribution >= 0.6 is 0 Å². The van der Waals surface area contributed by atoms with Crippen molar-refractivity contribution in [2.75, 3.05) is 39.8 Å². The molecule has 0 aromatic heterocycles. The molecule has 7 heteroatoms. The van der Waals surface area contributed by atoms with Crippen LogP contribution in [0, 0.1) is 5.92 Å². The van der Waals surface area contributed by atoms with Gasteiger partial charge in [0.05, 0.1) is 12.7 Å². The van der Waals surface area contributed by atoms with E-state index in [2.05, 4.69) is 5.32 Å². The molecule has 3 atom stereocenters. The lowest BCUT2D eigenvalue weighted by molar-refractivity contribution is -0.0195. The number of hydrogen-bond acceptors (Lipinski definition) is 4. The Labute approximate surface area is 122 Å². The second-order valence-corrected chi connectivity index (χ2v) is 7.88. The second kappa shape index (κ2) is 6.70. The van der Waals surface area contributed by atoms with E-state index in [1.807, 2.05) is 20.9 Å². The maximum absolute atomic E-state index is 12.8. The Hall–Kier alpha value is -0.210. The van der Waals surface area contributed by atoms with E-state index in [0.29, 0.717) is 32.2 Å². The van der Waals surface area contributed by atoms with Crippen molar-refractivity contribution < 1.29 is 13.2 Å². The van der Waals surface area contributed by atoms with Gasteiger partial charge < -0.3 is 10.1 Å². The van der Waals surface area contributed by atoms with Gasteiger partial charge in [0, 0.05) is 25.7 Å². The summed E-state index contributed by atoms with van der Waals surface area (Å²) in [6.07, 6.45) is 2.01. The molecule has 0 amide bonds. The number of nitrogens with zero attached hydrogens (tertiary/aromatic N) is 2. The molecule has 6 nitrogen and oxygen atoms in total. The van der Waals surface area contributed by atoms with Gasteiger partial charge in [-0.1, -0.05) is 0 Å². The smallest absolute Gasteiger partial charge is 0.282 e. The fourth-order valence-corrected chi connectivity index (χ4v) is 5.00.